The van der Waals surface area contributed by atoms with Crippen LogP contribution in [-0.2, 0) is 6.54 Å². The number of piperazine rings is 1. The monoisotopic (exact) mass is 394 g/mol. The summed E-state index contributed by atoms with van der Waals surface area (Å²) in [4.78, 5) is 16.3. The van der Waals surface area contributed by atoms with E-state index in [9.17, 15) is 13.6 Å². The van der Waals surface area contributed by atoms with E-state index in [-0.39, 0.29) is 5.91 Å². The lowest BCUT2D eigenvalue weighted by Gasteiger charge is -2.34. The van der Waals surface area contributed by atoms with E-state index < -0.39 is 11.6 Å². The van der Waals surface area contributed by atoms with Crippen LogP contribution in [0.3, 0.4) is 0 Å². The van der Waals surface area contributed by atoms with Crippen LogP contribution < -0.4 is 0 Å². The van der Waals surface area contributed by atoms with E-state index in [0.717, 1.165) is 16.6 Å². The van der Waals surface area contributed by atoms with E-state index in [4.69, 9.17) is 0 Å². The molecule has 1 saturated heterocycles. The van der Waals surface area contributed by atoms with Crippen LogP contribution >= 0.6 is 15.9 Å². The number of rotatable bonds is 3. The van der Waals surface area contributed by atoms with E-state index in [1.165, 1.54) is 6.07 Å². The Morgan fingerprint density at radius 2 is 1.79 bits per heavy atom. The molecular formula is C18H17BrF2N2O. The van der Waals surface area contributed by atoms with Crippen LogP contribution in [0.25, 0.3) is 0 Å². The smallest absolute Gasteiger partial charge is 0.253 e. The fraction of sp³-hybridized carbons (Fsp3) is 0.278. The van der Waals surface area contributed by atoms with E-state index in [1.54, 1.807) is 17.0 Å². The molecule has 2 aromatic rings. The Bertz CT molecular complexity index is 746. The quantitative estimate of drug-likeness (QED) is 0.792. The highest BCUT2D eigenvalue weighted by atomic mass is 79.9. The molecular weight excluding hydrogens is 378 g/mol. The molecule has 0 bridgehead atoms. The lowest BCUT2D eigenvalue weighted by atomic mass is 10.1. The van der Waals surface area contributed by atoms with Gasteiger partial charge in [-0.15, -0.1) is 0 Å². The van der Waals surface area contributed by atoms with Gasteiger partial charge in [0.2, 0.25) is 0 Å². The van der Waals surface area contributed by atoms with Crippen LogP contribution in [0.1, 0.15) is 15.9 Å². The SMILES string of the molecule is O=C(c1cccc(Br)c1)N1CCN(Cc2cc(F)ccc2F)CC1. The molecule has 1 heterocycles. The van der Waals surface area contributed by atoms with Crippen LogP contribution in [0.2, 0.25) is 0 Å². The summed E-state index contributed by atoms with van der Waals surface area (Å²) in [5, 5.41) is 0. The first-order valence-electron chi connectivity index (χ1n) is 7.74. The Morgan fingerprint density at radius 3 is 2.50 bits per heavy atom. The van der Waals surface area contributed by atoms with Crippen LogP contribution in [0, 0.1) is 11.6 Å². The summed E-state index contributed by atoms with van der Waals surface area (Å²) >= 11 is 3.37. The molecule has 2 aromatic carbocycles. The third-order valence-corrected chi connectivity index (χ3v) is 4.63. The Hall–Kier alpha value is -1.79. The normalized spacial score (nSPS) is 15.5. The van der Waals surface area contributed by atoms with Crippen LogP contribution in [0.4, 0.5) is 8.78 Å². The largest absolute Gasteiger partial charge is 0.336 e. The second-order valence-electron chi connectivity index (χ2n) is 5.81. The average Bonchev–Trinajstić information content (AvgIpc) is 2.58. The molecule has 126 valence electrons. The highest BCUT2D eigenvalue weighted by molar-refractivity contribution is 9.10. The van der Waals surface area contributed by atoms with Crippen molar-refractivity contribution in [2.24, 2.45) is 0 Å². The molecule has 0 aliphatic carbocycles. The van der Waals surface area contributed by atoms with Gasteiger partial charge < -0.3 is 4.90 Å². The molecule has 0 spiro atoms. The van der Waals surface area contributed by atoms with Crippen molar-refractivity contribution in [2.75, 3.05) is 26.2 Å². The molecule has 0 aromatic heterocycles. The number of hydrogen-bond donors (Lipinski definition) is 0. The number of benzene rings is 2. The Balaban J connectivity index is 1.59. The zero-order valence-corrected chi connectivity index (χ0v) is 14.6. The Kier molecular flexibility index (Phi) is 5.26. The van der Waals surface area contributed by atoms with E-state index >= 15 is 0 Å². The fourth-order valence-corrected chi connectivity index (χ4v) is 3.22. The average molecular weight is 395 g/mol. The molecule has 3 nitrogen and oxygen atoms in total. The topological polar surface area (TPSA) is 23.6 Å². The summed E-state index contributed by atoms with van der Waals surface area (Å²) in [7, 11) is 0. The minimum absolute atomic E-state index is 0.00659. The van der Waals surface area contributed by atoms with Gasteiger partial charge in [-0.3, -0.25) is 9.69 Å². The van der Waals surface area contributed by atoms with Crippen molar-refractivity contribution in [3.05, 3.63) is 69.7 Å². The maximum atomic E-state index is 13.7. The molecule has 1 aliphatic heterocycles. The molecule has 0 saturated carbocycles. The van der Waals surface area contributed by atoms with E-state index in [2.05, 4.69) is 15.9 Å². The van der Waals surface area contributed by atoms with Gasteiger partial charge in [0.05, 0.1) is 0 Å². The highest BCUT2D eigenvalue weighted by Gasteiger charge is 2.22. The van der Waals surface area contributed by atoms with Gasteiger partial charge in [-0.1, -0.05) is 22.0 Å². The predicted molar refractivity (Wildman–Crippen MR) is 91.7 cm³/mol. The first-order valence-corrected chi connectivity index (χ1v) is 8.53. The molecule has 0 N–H and O–H groups in total. The van der Waals surface area contributed by atoms with E-state index in [1.807, 2.05) is 17.0 Å². The predicted octanol–water partition coefficient (Wildman–Crippen LogP) is 3.69. The third-order valence-electron chi connectivity index (χ3n) is 4.13. The van der Waals surface area contributed by atoms with Crippen molar-refractivity contribution in [2.45, 2.75) is 6.54 Å². The molecule has 3 rings (SSSR count). The highest BCUT2D eigenvalue weighted by Crippen LogP contribution is 2.17. The number of halogens is 3. The van der Waals surface area contributed by atoms with Gasteiger partial charge in [0, 0.05) is 48.3 Å². The first kappa shape index (κ1) is 17.0. The van der Waals surface area contributed by atoms with Crippen LogP contribution in [-0.4, -0.2) is 41.9 Å². The fourth-order valence-electron chi connectivity index (χ4n) is 2.82. The standard InChI is InChI=1S/C18H17BrF2N2O/c19-15-3-1-2-13(10-15)18(24)23-8-6-22(7-9-23)12-14-11-16(20)4-5-17(14)21/h1-5,10-11H,6-9,12H2. The molecule has 6 heteroatoms. The maximum Gasteiger partial charge on any atom is 0.253 e. The number of carbonyl (C=O) groups is 1. The summed E-state index contributed by atoms with van der Waals surface area (Å²) < 4.78 is 27.8. The number of amides is 1. The first-order chi connectivity index (χ1) is 11.5. The summed E-state index contributed by atoms with van der Waals surface area (Å²) in [5.41, 5.74) is 0.996. The van der Waals surface area contributed by atoms with Crippen molar-refractivity contribution < 1.29 is 13.6 Å². The Morgan fingerprint density at radius 1 is 1.04 bits per heavy atom. The lowest BCUT2D eigenvalue weighted by Crippen LogP contribution is -2.48. The molecule has 0 atom stereocenters. The zero-order chi connectivity index (χ0) is 17.1. The van der Waals surface area contributed by atoms with Crippen molar-refractivity contribution in [1.29, 1.82) is 0 Å². The third kappa shape index (κ3) is 3.99. The summed E-state index contributed by atoms with van der Waals surface area (Å²) in [5.74, 6) is -0.841. The number of carbonyl (C=O) groups excluding carboxylic acids is 1. The molecule has 24 heavy (non-hydrogen) atoms. The second-order valence-corrected chi connectivity index (χ2v) is 6.73. The number of nitrogens with zero attached hydrogens (tertiary/aromatic N) is 2. The zero-order valence-electron chi connectivity index (χ0n) is 13.0. The van der Waals surface area contributed by atoms with Gasteiger partial charge in [-0.2, -0.15) is 0 Å². The summed E-state index contributed by atoms with van der Waals surface area (Å²) in [6.07, 6.45) is 0. The molecule has 1 aliphatic rings. The van der Waals surface area contributed by atoms with Gasteiger partial charge >= 0.3 is 0 Å². The Labute approximate surface area is 148 Å². The summed E-state index contributed by atoms with van der Waals surface area (Å²) in [6, 6.07) is 10.8. The van der Waals surface area contributed by atoms with Crippen molar-refractivity contribution in [3.63, 3.8) is 0 Å². The molecule has 1 amide bonds. The summed E-state index contributed by atoms with van der Waals surface area (Å²) in [6.45, 7) is 2.76. The van der Waals surface area contributed by atoms with Gasteiger partial charge in [0.15, 0.2) is 0 Å². The molecule has 0 unspecified atom stereocenters. The minimum Gasteiger partial charge on any atom is -0.336 e. The van der Waals surface area contributed by atoms with E-state index in [0.29, 0.717) is 43.9 Å². The van der Waals surface area contributed by atoms with Gasteiger partial charge in [-0.05, 0) is 36.4 Å². The second kappa shape index (κ2) is 7.40. The molecule has 0 radical (unpaired) electrons. The van der Waals surface area contributed by atoms with Crippen molar-refractivity contribution in [1.82, 2.24) is 9.80 Å². The lowest BCUT2D eigenvalue weighted by molar-refractivity contribution is 0.0627. The van der Waals surface area contributed by atoms with Gasteiger partial charge in [-0.25, -0.2) is 8.78 Å². The molecule has 1 fully saturated rings. The van der Waals surface area contributed by atoms with Gasteiger partial charge in [0.1, 0.15) is 11.6 Å². The maximum absolute atomic E-state index is 13.7. The van der Waals surface area contributed by atoms with Crippen molar-refractivity contribution in [3.8, 4) is 0 Å². The number of hydrogen-bond acceptors (Lipinski definition) is 2. The van der Waals surface area contributed by atoms with Crippen molar-refractivity contribution >= 4 is 21.8 Å². The van der Waals surface area contributed by atoms with Crippen LogP contribution in [0.5, 0.6) is 0 Å². The minimum atomic E-state index is -0.435. The van der Waals surface area contributed by atoms with Gasteiger partial charge in [0.25, 0.3) is 5.91 Å². The van der Waals surface area contributed by atoms with Crippen LogP contribution in [0.15, 0.2) is 46.9 Å².